The Morgan fingerprint density at radius 1 is 1.27 bits per heavy atom. The van der Waals surface area contributed by atoms with Gasteiger partial charge in [-0.15, -0.1) is 0 Å². The molecule has 0 radical (unpaired) electrons. The van der Waals surface area contributed by atoms with Crippen LogP contribution >= 0.6 is 0 Å². The van der Waals surface area contributed by atoms with E-state index in [0.717, 1.165) is 16.8 Å². The second-order valence-corrected chi connectivity index (χ2v) is 3.62. The Bertz CT molecular complexity index is 361. The molecule has 0 aliphatic rings. The smallest absolute Gasteiger partial charge is 0.0443 e. The lowest BCUT2D eigenvalue weighted by atomic mass is 10.1. The third kappa shape index (κ3) is 3.46. The van der Waals surface area contributed by atoms with E-state index in [1.165, 1.54) is 0 Å². The van der Waals surface area contributed by atoms with Gasteiger partial charge in [-0.1, -0.05) is 12.1 Å². The van der Waals surface area contributed by atoms with Crippen molar-refractivity contribution in [3.8, 4) is 0 Å². The van der Waals surface area contributed by atoms with Gasteiger partial charge in [-0.2, -0.15) is 0 Å². The lowest BCUT2D eigenvalue weighted by Crippen LogP contribution is -1.95. The summed E-state index contributed by atoms with van der Waals surface area (Å²) in [5.41, 5.74) is 13.8. The first-order chi connectivity index (χ1) is 7.13. The zero-order valence-corrected chi connectivity index (χ0v) is 9.14. The van der Waals surface area contributed by atoms with Crippen LogP contribution in [-0.2, 0) is 0 Å². The van der Waals surface area contributed by atoms with Crippen molar-refractivity contribution in [2.45, 2.75) is 19.9 Å². The molecule has 0 atom stereocenters. The average Bonchev–Trinajstić information content (AvgIpc) is 2.21. The summed E-state index contributed by atoms with van der Waals surface area (Å²) in [6, 6.07) is 7.83. The number of aliphatic imine (C=N–C) groups is 1. The van der Waals surface area contributed by atoms with Crippen LogP contribution < -0.4 is 11.5 Å². The van der Waals surface area contributed by atoms with Gasteiger partial charge in [-0.3, -0.25) is 4.99 Å². The van der Waals surface area contributed by atoms with Crippen molar-refractivity contribution in [2.75, 3.05) is 5.73 Å². The van der Waals surface area contributed by atoms with Crippen LogP contribution in [0.5, 0.6) is 0 Å². The molecule has 0 aliphatic carbocycles. The Labute approximate surface area is 90.5 Å². The van der Waals surface area contributed by atoms with Crippen LogP contribution in [0.4, 0.5) is 5.69 Å². The number of nitrogens with zero attached hydrogens (tertiary/aromatic N) is 1. The standard InChI is InChI=1S/C12H17N3/c1-9(2)15-8-11(7-13)10-3-5-12(14)6-4-10/h3-9H,13-14H2,1-2H3. The zero-order valence-electron chi connectivity index (χ0n) is 9.14. The Kier molecular flexibility index (Phi) is 3.92. The maximum absolute atomic E-state index is 5.61. The van der Waals surface area contributed by atoms with Crippen molar-refractivity contribution in [3.05, 3.63) is 36.0 Å². The van der Waals surface area contributed by atoms with Crippen molar-refractivity contribution in [3.63, 3.8) is 0 Å². The molecule has 1 rings (SSSR count). The highest BCUT2D eigenvalue weighted by atomic mass is 14.7. The summed E-state index contributed by atoms with van der Waals surface area (Å²) in [6.45, 7) is 4.04. The van der Waals surface area contributed by atoms with E-state index in [1.807, 2.05) is 38.1 Å². The maximum Gasteiger partial charge on any atom is 0.0443 e. The highest BCUT2D eigenvalue weighted by Crippen LogP contribution is 2.13. The zero-order chi connectivity index (χ0) is 11.3. The number of hydrogen-bond donors (Lipinski definition) is 2. The third-order valence-electron chi connectivity index (χ3n) is 1.94. The molecule has 0 spiro atoms. The molecule has 3 nitrogen and oxygen atoms in total. The number of allylic oxidation sites excluding steroid dienone is 1. The van der Waals surface area contributed by atoms with Crippen molar-refractivity contribution in [2.24, 2.45) is 10.7 Å². The molecule has 1 aromatic rings. The fraction of sp³-hybridized carbons (Fsp3) is 0.250. The van der Waals surface area contributed by atoms with Crippen molar-refractivity contribution in [1.82, 2.24) is 0 Å². The van der Waals surface area contributed by atoms with Gasteiger partial charge in [0.15, 0.2) is 0 Å². The van der Waals surface area contributed by atoms with Crippen LogP contribution in [0, 0.1) is 0 Å². The largest absolute Gasteiger partial charge is 0.404 e. The molecule has 0 aliphatic heterocycles. The molecular weight excluding hydrogens is 186 g/mol. The molecule has 4 N–H and O–H groups in total. The molecule has 80 valence electrons. The van der Waals surface area contributed by atoms with Crippen LogP contribution in [0.25, 0.3) is 5.57 Å². The van der Waals surface area contributed by atoms with Gasteiger partial charge in [0.05, 0.1) is 0 Å². The topological polar surface area (TPSA) is 64.4 Å². The minimum atomic E-state index is 0.272. The van der Waals surface area contributed by atoms with Crippen LogP contribution in [0.1, 0.15) is 19.4 Å². The molecule has 0 aromatic heterocycles. The third-order valence-corrected chi connectivity index (χ3v) is 1.94. The van der Waals surface area contributed by atoms with Gasteiger partial charge in [0.2, 0.25) is 0 Å². The number of nitrogen functional groups attached to an aromatic ring is 1. The molecule has 0 saturated heterocycles. The molecule has 15 heavy (non-hydrogen) atoms. The minimum Gasteiger partial charge on any atom is -0.404 e. The predicted molar refractivity (Wildman–Crippen MR) is 66.6 cm³/mol. The first-order valence-corrected chi connectivity index (χ1v) is 4.94. The number of rotatable bonds is 3. The van der Waals surface area contributed by atoms with E-state index in [9.17, 15) is 0 Å². The fourth-order valence-corrected chi connectivity index (χ4v) is 1.12. The first-order valence-electron chi connectivity index (χ1n) is 4.94. The Morgan fingerprint density at radius 3 is 2.33 bits per heavy atom. The highest BCUT2D eigenvalue weighted by Gasteiger charge is 1.97. The Morgan fingerprint density at radius 2 is 1.87 bits per heavy atom. The van der Waals surface area contributed by atoms with E-state index in [0.29, 0.717) is 0 Å². The molecule has 0 heterocycles. The molecule has 0 fully saturated rings. The van der Waals surface area contributed by atoms with Crippen LogP contribution in [-0.4, -0.2) is 12.3 Å². The second-order valence-electron chi connectivity index (χ2n) is 3.62. The second kappa shape index (κ2) is 5.20. The number of hydrogen-bond acceptors (Lipinski definition) is 3. The van der Waals surface area contributed by atoms with Gasteiger partial charge in [0, 0.05) is 29.7 Å². The first kappa shape index (κ1) is 11.3. The van der Waals surface area contributed by atoms with E-state index >= 15 is 0 Å². The average molecular weight is 203 g/mol. The van der Waals surface area contributed by atoms with Crippen LogP contribution in [0.15, 0.2) is 35.5 Å². The van der Waals surface area contributed by atoms with E-state index in [2.05, 4.69) is 4.99 Å². The lowest BCUT2D eigenvalue weighted by Gasteiger charge is -2.02. The molecule has 0 unspecified atom stereocenters. The fourth-order valence-electron chi connectivity index (χ4n) is 1.12. The summed E-state index contributed by atoms with van der Waals surface area (Å²) in [6.07, 6.45) is 3.34. The molecular formula is C12H17N3. The van der Waals surface area contributed by atoms with Gasteiger partial charge in [0.1, 0.15) is 0 Å². The quantitative estimate of drug-likeness (QED) is 0.583. The van der Waals surface area contributed by atoms with Gasteiger partial charge in [-0.05, 0) is 31.5 Å². The lowest BCUT2D eigenvalue weighted by molar-refractivity contribution is 0.842. The summed E-state index contributed by atoms with van der Waals surface area (Å²) in [5.74, 6) is 0. The Balaban J connectivity index is 2.89. The number of benzene rings is 1. The van der Waals surface area contributed by atoms with Gasteiger partial charge >= 0.3 is 0 Å². The predicted octanol–water partition coefficient (Wildman–Crippen LogP) is 2.05. The van der Waals surface area contributed by atoms with Gasteiger partial charge in [-0.25, -0.2) is 0 Å². The summed E-state index contributed by atoms with van der Waals surface area (Å²) >= 11 is 0. The summed E-state index contributed by atoms with van der Waals surface area (Å²) in [7, 11) is 0. The number of anilines is 1. The molecule has 3 heteroatoms. The summed E-state index contributed by atoms with van der Waals surface area (Å²) in [4.78, 5) is 4.29. The minimum absolute atomic E-state index is 0.272. The van der Waals surface area contributed by atoms with E-state index in [1.54, 1.807) is 12.4 Å². The maximum atomic E-state index is 5.61. The monoisotopic (exact) mass is 203 g/mol. The van der Waals surface area contributed by atoms with Crippen molar-refractivity contribution in [1.29, 1.82) is 0 Å². The van der Waals surface area contributed by atoms with Gasteiger partial charge < -0.3 is 11.5 Å². The van der Waals surface area contributed by atoms with Crippen LogP contribution in [0.2, 0.25) is 0 Å². The van der Waals surface area contributed by atoms with E-state index in [4.69, 9.17) is 11.5 Å². The van der Waals surface area contributed by atoms with E-state index in [-0.39, 0.29) is 6.04 Å². The molecule has 0 bridgehead atoms. The van der Waals surface area contributed by atoms with E-state index < -0.39 is 0 Å². The summed E-state index contributed by atoms with van der Waals surface area (Å²) < 4.78 is 0. The highest BCUT2D eigenvalue weighted by molar-refractivity contribution is 6.09. The number of nitrogens with two attached hydrogens (primary N) is 2. The normalized spacial score (nSPS) is 12.6. The van der Waals surface area contributed by atoms with Crippen molar-refractivity contribution < 1.29 is 0 Å². The molecule has 0 saturated carbocycles. The molecule has 1 aromatic carbocycles. The van der Waals surface area contributed by atoms with Gasteiger partial charge in [0.25, 0.3) is 0 Å². The van der Waals surface area contributed by atoms with Crippen LogP contribution in [0.3, 0.4) is 0 Å². The Hall–Kier alpha value is -1.77. The van der Waals surface area contributed by atoms with Crippen molar-refractivity contribution >= 4 is 17.5 Å². The SMILES string of the molecule is CC(C)N=CC(=CN)c1ccc(N)cc1. The molecule has 0 amide bonds. The summed E-state index contributed by atoms with van der Waals surface area (Å²) in [5, 5.41) is 0.